The molecule has 0 fully saturated rings. The fourth-order valence-corrected chi connectivity index (χ4v) is 1.36. The van der Waals surface area contributed by atoms with Gasteiger partial charge in [-0.15, -0.1) is 0 Å². The van der Waals surface area contributed by atoms with E-state index >= 15 is 0 Å². The monoisotopic (exact) mass is 196 g/mol. The van der Waals surface area contributed by atoms with E-state index in [2.05, 4.69) is 10.0 Å². The fraction of sp³-hybridized carbons (Fsp3) is 0.143. The number of hydrogen-bond acceptors (Lipinski definition) is 3. The van der Waals surface area contributed by atoms with E-state index in [1.165, 1.54) is 0 Å². The molecule has 0 aliphatic carbocycles. The highest BCUT2D eigenvalue weighted by Gasteiger charge is 2.00. The van der Waals surface area contributed by atoms with Gasteiger partial charge in [0.2, 0.25) is 0 Å². The third-order valence-corrected chi connectivity index (χ3v) is 1.93. The lowest BCUT2D eigenvalue weighted by Gasteiger charge is -2.05. The predicted molar refractivity (Wildman–Crippen MR) is 54.3 cm³/mol. The molecule has 68 valence electrons. The molecule has 1 rings (SSSR count). The Hall–Kier alpha value is -1.17. The van der Waals surface area contributed by atoms with Crippen LogP contribution in [0.3, 0.4) is 0 Å². The van der Waals surface area contributed by atoms with Crippen LogP contribution in [-0.2, 0) is 9.87 Å². The van der Waals surface area contributed by atoms with Crippen LogP contribution in [0, 0.1) is 0 Å². The van der Waals surface area contributed by atoms with Crippen molar-refractivity contribution in [2.45, 2.75) is 0 Å². The number of anilines is 2. The summed E-state index contributed by atoms with van der Waals surface area (Å²) in [4.78, 5) is 0. The van der Waals surface area contributed by atoms with Crippen molar-refractivity contribution < 1.29 is 8.42 Å². The van der Waals surface area contributed by atoms with Gasteiger partial charge in [-0.2, -0.15) is 0 Å². The zero-order valence-electron chi connectivity index (χ0n) is 7.11. The zero-order valence-corrected chi connectivity index (χ0v) is 7.93. The van der Waals surface area contributed by atoms with Crippen LogP contribution in [-0.4, -0.2) is 22.6 Å². The van der Waals surface area contributed by atoms with E-state index in [0.717, 1.165) is 5.69 Å². The maximum Gasteiger partial charge on any atom is 0.285 e. The van der Waals surface area contributed by atoms with Crippen LogP contribution in [0.4, 0.5) is 11.4 Å². The lowest BCUT2D eigenvalue weighted by molar-refractivity contribution is 0.614. The SMILES string of the molecule is [B]S(=O)(=O)Nc1cccc(NC)c1. The summed E-state index contributed by atoms with van der Waals surface area (Å²) in [5.41, 5.74) is 1.25. The molecule has 0 unspecified atom stereocenters. The molecule has 0 aliphatic heterocycles. The first-order chi connectivity index (χ1) is 6.01. The Bertz CT molecular complexity index is 391. The quantitative estimate of drug-likeness (QED) is 0.694. The highest BCUT2D eigenvalue weighted by atomic mass is 32.2. The van der Waals surface area contributed by atoms with E-state index in [0.29, 0.717) is 5.69 Å². The van der Waals surface area contributed by atoms with E-state index in [9.17, 15) is 8.42 Å². The van der Waals surface area contributed by atoms with Crippen molar-refractivity contribution in [3.05, 3.63) is 24.3 Å². The Kier molecular flexibility index (Phi) is 2.82. The minimum atomic E-state index is -3.68. The zero-order chi connectivity index (χ0) is 9.90. The second-order valence-electron chi connectivity index (χ2n) is 2.48. The third-order valence-electron chi connectivity index (χ3n) is 1.41. The summed E-state index contributed by atoms with van der Waals surface area (Å²) in [6, 6.07) is 6.79. The molecule has 0 saturated heterocycles. The molecule has 0 atom stereocenters. The highest BCUT2D eigenvalue weighted by molar-refractivity contribution is 8.13. The standard InChI is InChI=1S/C7H9BN2O2S/c1-9-6-3-2-4-7(5-6)10-13(8,11)12/h2-5,9-10H,1H3. The molecule has 0 spiro atoms. The maximum absolute atomic E-state index is 10.6. The van der Waals surface area contributed by atoms with Crippen molar-refractivity contribution in [2.75, 3.05) is 17.1 Å². The number of nitrogens with one attached hydrogen (secondary N) is 2. The van der Waals surface area contributed by atoms with Crippen LogP contribution in [0.2, 0.25) is 0 Å². The smallest absolute Gasteiger partial charge is 0.285 e. The molecular weight excluding hydrogens is 187 g/mol. The van der Waals surface area contributed by atoms with Gasteiger partial charge in [0.1, 0.15) is 0 Å². The molecule has 0 aromatic heterocycles. The van der Waals surface area contributed by atoms with E-state index < -0.39 is 9.87 Å². The maximum atomic E-state index is 10.6. The van der Waals surface area contributed by atoms with Crippen molar-refractivity contribution in [3.63, 3.8) is 0 Å². The van der Waals surface area contributed by atoms with Gasteiger partial charge in [0, 0.05) is 18.4 Å². The Morgan fingerprint density at radius 1 is 1.31 bits per heavy atom. The van der Waals surface area contributed by atoms with Gasteiger partial charge < -0.3 is 5.32 Å². The van der Waals surface area contributed by atoms with Gasteiger partial charge in [-0.25, -0.2) is 8.42 Å². The lowest BCUT2D eigenvalue weighted by atomic mass is 10.3. The molecule has 6 heteroatoms. The third kappa shape index (κ3) is 3.37. The predicted octanol–water partition coefficient (Wildman–Crippen LogP) is 0.553. The van der Waals surface area contributed by atoms with Gasteiger partial charge in [0.15, 0.2) is 9.87 Å². The van der Waals surface area contributed by atoms with Crippen molar-refractivity contribution in [3.8, 4) is 0 Å². The summed E-state index contributed by atoms with van der Waals surface area (Å²) in [5.74, 6) is 0. The molecular formula is C7H9BN2O2S. The summed E-state index contributed by atoms with van der Waals surface area (Å²) in [6.45, 7) is 0. The summed E-state index contributed by atoms with van der Waals surface area (Å²) < 4.78 is 23.5. The Balaban J connectivity index is 2.90. The summed E-state index contributed by atoms with van der Waals surface area (Å²) in [7, 11) is 2.87. The summed E-state index contributed by atoms with van der Waals surface area (Å²) in [5, 5.41) is 2.88. The van der Waals surface area contributed by atoms with Gasteiger partial charge in [-0.05, 0) is 18.2 Å². The first-order valence-corrected chi connectivity index (χ1v) is 5.14. The Morgan fingerprint density at radius 3 is 2.46 bits per heavy atom. The molecule has 0 amide bonds. The van der Waals surface area contributed by atoms with Crippen molar-refractivity contribution in [2.24, 2.45) is 0 Å². The molecule has 2 radical (unpaired) electrons. The van der Waals surface area contributed by atoms with Gasteiger partial charge in [-0.3, -0.25) is 4.72 Å². The van der Waals surface area contributed by atoms with Crippen LogP contribution in [0.15, 0.2) is 24.3 Å². The van der Waals surface area contributed by atoms with Crippen LogP contribution < -0.4 is 10.0 Å². The van der Waals surface area contributed by atoms with Crippen molar-refractivity contribution >= 4 is 28.4 Å². The second kappa shape index (κ2) is 3.70. The molecule has 2 N–H and O–H groups in total. The van der Waals surface area contributed by atoms with Crippen molar-refractivity contribution in [1.82, 2.24) is 0 Å². The molecule has 13 heavy (non-hydrogen) atoms. The largest absolute Gasteiger partial charge is 0.388 e. The van der Waals surface area contributed by atoms with E-state index in [1.807, 2.05) is 6.07 Å². The van der Waals surface area contributed by atoms with Crippen molar-refractivity contribution in [1.29, 1.82) is 0 Å². The Labute approximate surface area is 78.7 Å². The van der Waals surface area contributed by atoms with Gasteiger partial charge >= 0.3 is 0 Å². The molecule has 1 aromatic carbocycles. The molecule has 4 nitrogen and oxygen atoms in total. The molecule has 0 bridgehead atoms. The Morgan fingerprint density at radius 2 is 1.92 bits per heavy atom. The molecule has 0 heterocycles. The minimum absolute atomic E-state index is 0.439. The van der Waals surface area contributed by atoms with E-state index in [1.54, 1.807) is 25.2 Å². The van der Waals surface area contributed by atoms with Crippen LogP contribution in [0.5, 0.6) is 0 Å². The first kappa shape index (κ1) is 9.92. The number of rotatable bonds is 3. The van der Waals surface area contributed by atoms with Gasteiger partial charge in [-0.1, -0.05) is 6.07 Å². The van der Waals surface area contributed by atoms with Gasteiger partial charge in [0.05, 0.1) is 0 Å². The van der Waals surface area contributed by atoms with Crippen LogP contribution >= 0.6 is 0 Å². The topological polar surface area (TPSA) is 58.2 Å². The summed E-state index contributed by atoms with van der Waals surface area (Å²) in [6.07, 6.45) is 0. The normalized spacial score (nSPS) is 10.8. The van der Waals surface area contributed by atoms with E-state index in [4.69, 9.17) is 7.12 Å². The number of hydrogen-bond donors (Lipinski definition) is 2. The molecule has 0 aliphatic rings. The average molecular weight is 196 g/mol. The second-order valence-corrected chi connectivity index (χ2v) is 3.77. The van der Waals surface area contributed by atoms with E-state index in [-0.39, 0.29) is 0 Å². The fourth-order valence-electron chi connectivity index (χ4n) is 0.902. The summed E-state index contributed by atoms with van der Waals surface area (Å²) >= 11 is 0. The molecule has 0 saturated carbocycles. The highest BCUT2D eigenvalue weighted by Crippen LogP contribution is 2.14. The first-order valence-electron chi connectivity index (χ1n) is 3.59. The van der Waals surface area contributed by atoms with Crippen LogP contribution in [0.25, 0.3) is 0 Å². The minimum Gasteiger partial charge on any atom is -0.388 e. The number of benzene rings is 1. The lowest BCUT2D eigenvalue weighted by Crippen LogP contribution is -2.11. The average Bonchev–Trinajstić information content (AvgIpc) is 2.01. The molecule has 1 aromatic rings. The van der Waals surface area contributed by atoms with Gasteiger partial charge in [0.25, 0.3) is 7.12 Å². The van der Waals surface area contributed by atoms with Crippen LogP contribution in [0.1, 0.15) is 0 Å².